The van der Waals surface area contributed by atoms with E-state index in [1.807, 2.05) is 0 Å². The first kappa shape index (κ1) is 25.2. The van der Waals surface area contributed by atoms with E-state index in [1.165, 1.54) is 35.9 Å². The predicted octanol–water partition coefficient (Wildman–Crippen LogP) is 3.37. The van der Waals surface area contributed by atoms with Crippen LogP contribution in [0, 0.1) is 0 Å². The van der Waals surface area contributed by atoms with Crippen LogP contribution >= 0.6 is 0 Å². The van der Waals surface area contributed by atoms with Crippen molar-refractivity contribution in [2.24, 2.45) is 7.05 Å². The van der Waals surface area contributed by atoms with Gasteiger partial charge in [0.1, 0.15) is 17.4 Å². The number of benzene rings is 1. The van der Waals surface area contributed by atoms with E-state index in [1.54, 1.807) is 49.1 Å². The van der Waals surface area contributed by atoms with Crippen LogP contribution < -0.4 is 10.6 Å². The Balaban J connectivity index is 1.64. The summed E-state index contributed by atoms with van der Waals surface area (Å²) in [6.07, 6.45) is -2.19. The third-order valence-corrected chi connectivity index (χ3v) is 6.79. The molecular weight excluding hydrogens is 501 g/mol. The van der Waals surface area contributed by atoms with Crippen molar-refractivity contribution in [1.82, 2.24) is 29.3 Å². The number of nitrogens with zero attached hydrogens (tertiary/aromatic N) is 7. The number of rotatable bonds is 3. The molecule has 0 radical (unpaired) electrons. The van der Waals surface area contributed by atoms with Crippen molar-refractivity contribution in [1.29, 1.82) is 0 Å². The fourth-order valence-corrected chi connectivity index (χ4v) is 5.03. The molecule has 1 saturated heterocycles. The van der Waals surface area contributed by atoms with Gasteiger partial charge in [-0.05, 0) is 32.0 Å². The maximum Gasteiger partial charge on any atom is 0.435 e. The summed E-state index contributed by atoms with van der Waals surface area (Å²) in [4.78, 5) is 32.5. The molecule has 4 heterocycles. The van der Waals surface area contributed by atoms with Gasteiger partial charge in [0.2, 0.25) is 5.91 Å². The van der Waals surface area contributed by atoms with E-state index in [0.29, 0.717) is 30.0 Å². The third-order valence-electron chi connectivity index (χ3n) is 6.79. The van der Waals surface area contributed by atoms with Crippen molar-refractivity contribution < 1.29 is 22.8 Å². The Morgan fingerprint density at radius 3 is 2.55 bits per heavy atom. The van der Waals surface area contributed by atoms with Crippen LogP contribution in [0.15, 0.2) is 42.9 Å². The third kappa shape index (κ3) is 3.94. The lowest BCUT2D eigenvalue weighted by molar-refractivity contribution is -0.145. The molecule has 1 aromatic carbocycles. The van der Waals surface area contributed by atoms with Gasteiger partial charge in [-0.15, -0.1) is 0 Å². The highest BCUT2D eigenvalue weighted by Crippen LogP contribution is 2.41. The van der Waals surface area contributed by atoms with Gasteiger partial charge in [-0.25, -0.2) is 9.50 Å². The molecule has 3 aromatic heterocycles. The molecule has 5 rings (SSSR count). The zero-order valence-corrected chi connectivity index (χ0v) is 21.1. The average Bonchev–Trinajstić information content (AvgIpc) is 3.42. The summed E-state index contributed by atoms with van der Waals surface area (Å²) in [6, 6.07) is 8.60. The smallest absolute Gasteiger partial charge is 0.382 e. The number of amides is 2. The number of nitrogen functional groups attached to an aromatic ring is 1. The van der Waals surface area contributed by atoms with Crippen molar-refractivity contribution in [3.63, 3.8) is 0 Å². The Hall–Kier alpha value is -4.42. The van der Waals surface area contributed by atoms with Crippen LogP contribution in [0.5, 0.6) is 0 Å². The van der Waals surface area contributed by atoms with E-state index in [-0.39, 0.29) is 34.3 Å². The molecule has 13 heteroatoms. The number of carbonyl (C=O) groups excluding carboxylic acids is 2. The highest BCUT2D eigenvalue weighted by atomic mass is 19.4. The number of alkyl halides is 3. The van der Waals surface area contributed by atoms with Crippen molar-refractivity contribution in [3.8, 4) is 22.4 Å². The summed E-state index contributed by atoms with van der Waals surface area (Å²) in [7, 11) is 1.41. The molecule has 0 bridgehead atoms. The molecule has 0 unspecified atom stereocenters. The number of aryl methyl sites for hydroxylation is 1. The Bertz CT molecular complexity index is 1590. The van der Waals surface area contributed by atoms with Gasteiger partial charge in [-0.1, -0.05) is 12.1 Å². The molecule has 2 amide bonds. The van der Waals surface area contributed by atoms with Crippen molar-refractivity contribution >= 4 is 28.8 Å². The summed E-state index contributed by atoms with van der Waals surface area (Å²) in [6.45, 7) is 5.49. The molecule has 0 aliphatic carbocycles. The normalized spacial score (nSPS) is 15.9. The summed E-state index contributed by atoms with van der Waals surface area (Å²) >= 11 is 0. The second-order valence-corrected chi connectivity index (χ2v) is 9.65. The summed E-state index contributed by atoms with van der Waals surface area (Å²) in [5.41, 5.74) is 5.90. The van der Waals surface area contributed by atoms with Crippen LogP contribution in [0.25, 0.3) is 27.9 Å². The number of carbonyl (C=O) groups is 2. The number of fused-ring (bicyclic) bond motifs is 1. The summed E-state index contributed by atoms with van der Waals surface area (Å²) in [5.74, 6) is -0.421. The predicted molar refractivity (Wildman–Crippen MR) is 134 cm³/mol. The fraction of sp³-hybridized carbons (Fsp3) is 0.320. The van der Waals surface area contributed by atoms with Gasteiger partial charge in [0, 0.05) is 55.6 Å². The van der Waals surface area contributed by atoms with Gasteiger partial charge in [-0.3, -0.25) is 14.3 Å². The molecule has 2 N–H and O–H groups in total. The number of halogens is 3. The second-order valence-electron chi connectivity index (χ2n) is 9.65. The Morgan fingerprint density at radius 1 is 1.13 bits per heavy atom. The van der Waals surface area contributed by atoms with Gasteiger partial charge in [-0.2, -0.15) is 23.4 Å². The largest absolute Gasteiger partial charge is 0.435 e. The van der Waals surface area contributed by atoms with Crippen molar-refractivity contribution in [3.05, 3.63) is 48.5 Å². The Labute approximate surface area is 215 Å². The molecule has 4 aromatic rings. The average molecular weight is 527 g/mol. The standard InChI is InChI=1S/C25H25F3N8O2/c1-14(37)35-9-8-34(23(38)24(35,2)3)16-7-5-6-15(10-16)19-11-17(20-22(29)30-13-31-36(19)20)18-12-33(4)32-21(18)25(26,27)28/h5-7,10-13H,8-9H2,1-4H3,(H2,29,30,31). The quantitative estimate of drug-likeness (QED) is 0.438. The van der Waals surface area contributed by atoms with Crippen LogP contribution in [0.3, 0.4) is 0 Å². The Kier molecular flexibility index (Phi) is 5.69. The molecule has 1 aliphatic rings. The molecule has 0 saturated carbocycles. The minimum Gasteiger partial charge on any atom is -0.382 e. The van der Waals surface area contributed by atoms with Gasteiger partial charge in [0.15, 0.2) is 11.5 Å². The van der Waals surface area contributed by atoms with Crippen LogP contribution in [-0.2, 0) is 22.8 Å². The SMILES string of the molecule is CC(=O)N1CCN(c2cccc(-c3cc(-c4cn(C)nc4C(F)(F)F)c4c(N)ncnn34)c2)C(=O)C1(C)C. The Morgan fingerprint density at radius 2 is 1.87 bits per heavy atom. The lowest BCUT2D eigenvalue weighted by atomic mass is 9.96. The molecule has 10 nitrogen and oxygen atoms in total. The summed E-state index contributed by atoms with van der Waals surface area (Å²) < 4.78 is 43.9. The number of hydrogen-bond donors (Lipinski definition) is 1. The maximum atomic E-state index is 13.8. The van der Waals surface area contributed by atoms with Crippen LogP contribution in [-0.4, -0.2) is 59.7 Å². The zero-order valence-electron chi connectivity index (χ0n) is 21.1. The van der Waals surface area contributed by atoms with E-state index in [4.69, 9.17) is 5.73 Å². The molecule has 1 aliphatic heterocycles. The monoisotopic (exact) mass is 526 g/mol. The minimum atomic E-state index is -4.69. The van der Waals surface area contributed by atoms with Crippen molar-refractivity contribution in [2.75, 3.05) is 23.7 Å². The first-order chi connectivity index (χ1) is 17.8. The van der Waals surface area contributed by atoms with Crippen LogP contribution in [0.1, 0.15) is 26.5 Å². The van der Waals surface area contributed by atoms with Gasteiger partial charge in [0.05, 0.1) is 5.69 Å². The van der Waals surface area contributed by atoms with Gasteiger partial charge < -0.3 is 15.5 Å². The van der Waals surface area contributed by atoms with Crippen LogP contribution in [0.4, 0.5) is 24.7 Å². The highest BCUT2D eigenvalue weighted by molar-refractivity contribution is 6.03. The highest BCUT2D eigenvalue weighted by Gasteiger charge is 2.43. The molecule has 198 valence electrons. The fourth-order valence-electron chi connectivity index (χ4n) is 5.03. The molecule has 0 atom stereocenters. The molecule has 38 heavy (non-hydrogen) atoms. The van der Waals surface area contributed by atoms with E-state index < -0.39 is 17.4 Å². The maximum absolute atomic E-state index is 13.8. The molecular formula is C25H25F3N8O2. The number of anilines is 2. The van der Waals surface area contributed by atoms with Gasteiger partial charge >= 0.3 is 6.18 Å². The first-order valence-electron chi connectivity index (χ1n) is 11.7. The second kappa shape index (κ2) is 8.57. The summed E-state index contributed by atoms with van der Waals surface area (Å²) in [5, 5.41) is 7.89. The van der Waals surface area contributed by atoms with Crippen molar-refractivity contribution in [2.45, 2.75) is 32.5 Å². The van der Waals surface area contributed by atoms with E-state index in [9.17, 15) is 22.8 Å². The van der Waals surface area contributed by atoms with E-state index in [2.05, 4.69) is 15.2 Å². The lowest BCUT2D eigenvalue weighted by Gasteiger charge is -2.45. The first-order valence-corrected chi connectivity index (χ1v) is 11.7. The number of nitrogens with two attached hydrogens (primary N) is 1. The number of aromatic nitrogens is 5. The topological polar surface area (TPSA) is 115 Å². The number of piperazine rings is 1. The minimum absolute atomic E-state index is 0.00617. The van der Waals surface area contributed by atoms with E-state index in [0.717, 1.165) is 4.68 Å². The number of hydrogen-bond acceptors (Lipinski definition) is 6. The lowest BCUT2D eigenvalue weighted by Crippen LogP contribution is -2.64. The molecule has 0 spiro atoms. The van der Waals surface area contributed by atoms with E-state index >= 15 is 0 Å². The van der Waals surface area contributed by atoms with Crippen LogP contribution in [0.2, 0.25) is 0 Å². The zero-order chi connectivity index (χ0) is 27.6. The molecule has 1 fully saturated rings. The van der Waals surface area contributed by atoms with Gasteiger partial charge in [0.25, 0.3) is 5.91 Å².